The first-order valence-corrected chi connectivity index (χ1v) is 7.76. The molecule has 0 radical (unpaired) electrons. The average molecular weight is 349 g/mol. The van der Waals surface area contributed by atoms with Gasteiger partial charge in [-0.1, -0.05) is 6.07 Å². The number of hydrogen-bond acceptors (Lipinski definition) is 5. The first-order valence-electron chi connectivity index (χ1n) is 7.76. The van der Waals surface area contributed by atoms with E-state index in [1.807, 2.05) is 12.1 Å². The molecule has 130 valence electrons. The molecule has 7 nitrogen and oxygen atoms in total. The Balaban J connectivity index is 1.71. The van der Waals surface area contributed by atoms with Crippen LogP contribution in [0.25, 0.3) is 0 Å². The lowest BCUT2D eigenvalue weighted by molar-refractivity contribution is 0.0697. The van der Waals surface area contributed by atoms with Gasteiger partial charge < -0.3 is 9.84 Å². The summed E-state index contributed by atoms with van der Waals surface area (Å²) in [6.45, 7) is 0.388. The second-order valence-electron chi connectivity index (χ2n) is 5.39. The van der Waals surface area contributed by atoms with E-state index in [1.165, 1.54) is 29.3 Å². The maximum atomic E-state index is 11.2. The van der Waals surface area contributed by atoms with E-state index in [-0.39, 0.29) is 5.56 Å². The highest BCUT2D eigenvalue weighted by Crippen LogP contribution is 2.28. The zero-order valence-corrected chi connectivity index (χ0v) is 13.6. The minimum absolute atomic E-state index is 0.138. The Morgan fingerprint density at radius 3 is 2.23 bits per heavy atom. The van der Waals surface area contributed by atoms with Crippen LogP contribution in [0.15, 0.2) is 78.3 Å². The summed E-state index contributed by atoms with van der Waals surface area (Å²) in [6, 6.07) is 16.5. The lowest BCUT2D eigenvalue weighted by Gasteiger charge is -2.16. The van der Waals surface area contributed by atoms with E-state index in [4.69, 9.17) is 9.84 Å². The molecule has 1 aromatic heterocycles. The first kappa shape index (κ1) is 17.1. The Morgan fingerprint density at radius 2 is 1.69 bits per heavy atom. The molecule has 0 aliphatic rings. The maximum absolute atomic E-state index is 11.2. The molecule has 26 heavy (non-hydrogen) atoms. The van der Waals surface area contributed by atoms with Crippen LogP contribution in [-0.4, -0.2) is 16.1 Å². The summed E-state index contributed by atoms with van der Waals surface area (Å²) < 4.78 is 5.68. The Labute approximate surface area is 149 Å². The number of nitroso groups, excluding NO2 is 1. The quantitative estimate of drug-likeness (QED) is 0.508. The van der Waals surface area contributed by atoms with Crippen LogP contribution in [0.4, 0.5) is 11.4 Å². The van der Waals surface area contributed by atoms with Crippen LogP contribution in [0.3, 0.4) is 0 Å². The third kappa shape index (κ3) is 4.02. The van der Waals surface area contributed by atoms with Crippen molar-refractivity contribution in [1.82, 2.24) is 4.98 Å². The Kier molecular flexibility index (Phi) is 5.19. The van der Waals surface area contributed by atoms with Gasteiger partial charge >= 0.3 is 5.97 Å². The third-order valence-electron chi connectivity index (χ3n) is 3.65. The van der Waals surface area contributed by atoms with E-state index in [2.05, 4.69) is 10.3 Å². The van der Waals surface area contributed by atoms with Gasteiger partial charge in [-0.25, -0.2) is 4.79 Å². The molecular formula is C19H15N3O4. The first-order chi connectivity index (χ1) is 12.7. The van der Waals surface area contributed by atoms with Gasteiger partial charge in [0.1, 0.15) is 12.4 Å². The van der Waals surface area contributed by atoms with Gasteiger partial charge in [0.15, 0.2) is 0 Å². The van der Waals surface area contributed by atoms with E-state index in [1.54, 1.807) is 36.7 Å². The zero-order chi connectivity index (χ0) is 18.4. The normalized spacial score (nSPS) is 10.2. The number of aromatic carboxylic acids is 1. The van der Waals surface area contributed by atoms with Gasteiger partial charge in [0.2, 0.25) is 0 Å². The van der Waals surface area contributed by atoms with E-state index in [9.17, 15) is 9.70 Å². The standard InChI is InChI=1S/C19H15N3O4/c23-19(24)15-3-5-16(6-4-15)22(21-25)17-7-9-18(10-8-17)26-13-14-2-1-11-20-12-14/h1-12H,13H2,(H,23,24). The van der Waals surface area contributed by atoms with Crippen LogP contribution in [0.2, 0.25) is 0 Å². The molecule has 1 N–H and O–H groups in total. The predicted octanol–water partition coefficient (Wildman–Crippen LogP) is 4.18. The summed E-state index contributed by atoms with van der Waals surface area (Å²) in [5.41, 5.74) is 2.09. The molecule has 7 heteroatoms. The van der Waals surface area contributed by atoms with Crippen molar-refractivity contribution in [3.8, 4) is 5.75 Å². The highest BCUT2D eigenvalue weighted by molar-refractivity contribution is 5.88. The number of ether oxygens (including phenoxy) is 1. The second-order valence-corrected chi connectivity index (χ2v) is 5.39. The third-order valence-corrected chi connectivity index (χ3v) is 3.65. The van der Waals surface area contributed by atoms with Crippen LogP contribution in [-0.2, 0) is 6.61 Å². The molecule has 0 saturated carbocycles. The van der Waals surface area contributed by atoms with E-state index >= 15 is 0 Å². The molecule has 0 saturated heterocycles. The predicted molar refractivity (Wildman–Crippen MR) is 96.3 cm³/mol. The zero-order valence-electron chi connectivity index (χ0n) is 13.6. The van der Waals surface area contributed by atoms with Crippen LogP contribution in [0.1, 0.15) is 15.9 Å². The van der Waals surface area contributed by atoms with E-state index in [0.717, 1.165) is 5.56 Å². The van der Waals surface area contributed by atoms with Gasteiger partial charge in [0, 0.05) is 18.0 Å². The maximum Gasteiger partial charge on any atom is 0.335 e. The second kappa shape index (κ2) is 7.89. The number of carboxylic acids is 1. The Bertz CT molecular complexity index is 881. The van der Waals surface area contributed by atoms with E-state index < -0.39 is 5.97 Å². The molecule has 3 aromatic rings. The highest BCUT2D eigenvalue weighted by Gasteiger charge is 2.11. The smallest absolute Gasteiger partial charge is 0.335 e. The summed E-state index contributed by atoms with van der Waals surface area (Å²) in [5.74, 6) is -0.387. The molecule has 0 aliphatic heterocycles. The van der Waals surface area contributed by atoms with E-state index in [0.29, 0.717) is 23.7 Å². The highest BCUT2D eigenvalue weighted by atomic mass is 16.5. The molecule has 1 heterocycles. The topological polar surface area (TPSA) is 92.1 Å². The fraction of sp³-hybridized carbons (Fsp3) is 0.0526. The summed E-state index contributed by atoms with van der Waals surface area (Å²) in [5, 5.41) is 13.1. The molecule has 2 aromatic carbocycles. The van der Waals surface area contributed by atoms with Gasteiger partial charge in [0.05, 0.1) is 22.2 Å². The number of nitrogens with zero attached hydrogens (tertiary/aromatic N) is 3. The molecular weight excluding hydrogens is 334 g/mol. The van der Waals surface area contributed by atoms with Crippen LogP contribution in [0.5, 0.6) is 5.75 Å². The van der Waals surface area contributed by atoms with Gasteiger partial charge in [-0.2, -0.15) is 5.01 Å². The number of aromatic nitrogens is 1. The molecule has 3 rings (SSSR count). The van der Waals surface area contributed by atoms with Crippen molar-refractivity contribution in [3.05, 3.63) is 89.1 Å². The summed E-state index contributed by atoms with van der Waals surface area (Å²) >= 11 is 0. The van der Waals surface area contributed by atoms with Crippen molar-refractivity contribution in [3.63, 3.8) is 0 Å². The van der Waals surface area contributed by atoms with Gasteiger partial charge in [0.25, 0.3) is 0 Å². The van der Waals surface area contributed by atoms with Crippen molar-refractivity contribution < 1.29 is 14.6 Å². The summed E-state index contributed by atoms with van der Waals surface area (Å²) in [4.78, 5) is 26.2. The number of anilines is 2. The molecule has 0 unspecified atom stereocenters. The average Bonchev–Trinajstić information content (AvgIpc) is 2.69. The Hall–Kier alpha value is -3.74. The number of carbonyl (C=O) groups is 1. The number of hydrogen-bond donors (Lipinski definition) is 1. The van der Waals surface area contributed by atoms with Crippen molar-refractivity contribution in [2.75, 3.05) is 5.01 Å². The molecule has 0 amide bonds. The molecule has 0 bridgehead atoms. The molecule has 0 spiro atoms. The lowest BCUT2D eigenvalue weighted by atomic mass is 10.2. The van der Waals surface area contributed by atoms with Gasteiger partial charge in [-0.15, -0.1) is 4.91 Å². The number of carboxylic acid groups (broad SMARTS) is 1. The van der Waals surface area contributed by atoms with Crippen molar-refractivity contribution in [2.24, 2.45) is 5.29 Å². The SMILES string of the molecule is O=NN(c1ccc(OCc2cccnc2)cc1)c1ccc(C(=O)O)cc1. The van der Waals surface area contributed by atoms with Gasteiger partial charge in [-0.05, 0) is 54.6 Å². The molecule has 0 atom stereocenters. The molecule has 0 aliphatic carbocycles. The fourth-order valence-electron chi connectivity index (χ4n) is 2.32. The molecule has 0 fully saturated rings. The lowest BCUT2D eigenvalue weighted by Crippen LogP contribution is -2.08. The summed E-state index contributed by atoms with van der Waals surface area (Å²) in [7, 11) is 0. The monoisotopic (exact) mass is 349 g/mol. The van der Waals surface area contributed by atoms with Crippen LogP contribution < -0.4 is 9.75 Å². The number of rotatable bonds is 7. The van der Waals surface area contributed by atoms with Crippen molar-refractivity contribution in [1.29, 1.82) is 0 Å². The van der Waals surface area contributed by atoms with Crippen molar-refractivity contribution >= 4 is 17.3 Å². The van der Waals surface area contributed by atoms with Crippen LogP contribution in [0, 0.1) is 4.91 Å². The Morgan fingerprint density at radius 1 is 1.04 bits per heavy atom. The largest absolute Gasteiger partial charge is 0.489 e. The fourth-order valence-corrected chi connectivity index (χ4v) is 2.32. The van der Waals surface area contributed by atoms with Crippen LogP contribution >= 0.6 is 0 Å². The number of pyridine rings is 1. The summed E-state index contributed by atoms with van der Waals surface area (Å²) in [6.07, 6.45) is 3.43. The van der Waals surface area contributed by atoms with Crippen molar-refractivity contribution in [2.45, 2.75) is 6.61 Å². The minimum Gasteiger partial charge on any atom is -0.489 e. The number of benzene rings is 2. The van der Waals surface area contributed by atoms with Gasteiger partial charge in [-0.3, -0.25) is 4.98 Å². The minimum atomic E-state index is -1.03.